The quantitative estimate of drug-likeness (QED) is 0.852. The lowest BCUT2D eigenvalue weighted by Gasteiger charge is -2.15. The van der Waals surface area contributed by atoms with Crippen LogP contribution in [0.1, 0.15) is 24.0 Å². The molecule has 130 valence electrons. The normalized spacial score (nSPS) is 14.9. The number of nitrogens with zero attached hydrogens (tertiary/aromatic N) is 1. The molecule has 2 aromatic rings. The van der Waals surface area contributed by atoms with Gasteiger partial charge in [0, 0.05) is 12.8 Å². The number of nitrogens with one attached hydrogen (secondary N) is 1. The lowest BCUT2D eigenvalue weighted by molar-refractivity contribution is -0.121. The van der Waals surface area contributed by atoms with Gasteiger partial charge in [0.2, 0.25) is 11.8 Å². The highest BCUT2D eigenvalue weighted by molar-refractivity contribution is 7.92. The van der Waals surface area contributed by atoms with Crippen molar-refractivity contribution in [2.24, 2.45) is 0 Å². The van der Waals surface area contributed by atoms with Crippen molar-refractivity contribution in [3.8, 4) is 0 Å². The van der Waals surface area contributed by atoms with Gasteiger partial charge in [-0.25, -0.2) is 8.42 Å². The molecule has 1 heterocycles. The number of carbonyl (C=O) groups excluding carboxylic acids is 2. The molecule has 25 heavy (non-hydrogen) atoms. The van der Waals surface area contributed by atoms with Crippen LogP contribution >= 0.6 is 0 Å². The molecule has 1 aliphatic rings. The topological polar surface area (TPSA) is 83.6 Å². The summed E-state index contributed by atoms with van der Waals surface area (Å²) in [5.74, 6) is -0.539. The maximum absolute atomic E-state index is 12.6. The van der Waals surface area contributed by atoms with Crippen molar-refractivity contribution >= 4 is 33.2 Å². The first kappa shape index (κ1) is 17.2. The van der Waals surface area contributed by atoms with E-state index in [0.29, 0.717) is 11.4 Å². The molecule has 0 saturated carbocycles. The Bertz CT molecular complexity index is 934. The number of sulfonamides is 1. The van der Waals surface area contributed by atoms with E-state index in [0.717, 1.165) is 16.0 Å². The van der Waals surface area contributed by atoms with E-state index in [1.54, 1.807) is 6.07 Å². The largest absolute Gasteiger partial charge is 0.279 e. The van der Waals surface area contributed by atoms with Gasteiger partial charge in [-0.15, -0.1) is 0 Å². The molecule has 0 aromatic heterocycles. The Morgan fingerprint density at radius 2 is 1.52 bits per heavy atom. The third kappa shape index (κ3) is 3.41. The average molecular weight is 358 g/mol. The first-order chi connectivity index (χ1) is 11.8. The van der Waals surface area contributed by atoms with Gasteiger partial charge in [-0.05, 0) is 55.3 Å². The molecule has 0 spiro atoms. The van der Waals surface area contributed by atoms with E-state index in [2.05, 4.69) is 4.72 Å². The van der Waals surface area contributed by atoms with Crippen molar-refractivity contribution in [3.63, 3.8) is 0 Å². The lowest BCUT2D eigenvalue weighted by Crippen LogP contribution is -2.28. The molecule has 3 rings (SSSR count). The molecular formula is C18H18N2O4S. The minimum atomic E-state index is -3.76. The zero-order valence-corrected chi connectivity index (χ0v) is 14.8. The van der Waals surface area contributed by atoms with Crippen LogP contribution in [0.5, 0.6) is 0 Å². The van der Waals surface area contributed by atoms with E-state index in [9.17, 15) is 18.0 Å². The fraction of sp³-hybridized carbons (Fsp3) is 0.222. The third-order valence-corrected chi connectivity index (χ3v) is 5.48. The number of benzene rings is 2. The molecular weight excluding hydrogens is 340 g/mol. The summed E-state index contributed by atoms with van der Waals surface area (Å²) >= 11 is 0. The highest BCUT2D eigenvalue weighted by Gasteiger charge is 2.30. The van der Waals surface area contributed by atoms with E-state index in [-0.39, 0.29) is 29.6 Å². The Morgan fingerprint density at radius 1 is 0.920 bits per heavy atom. The predicted octanol–water partition coefficient (Wildman–Crippen LogP) is 2.76. The molecule has 2 amide bonds. The number of aryl methyl sites for hydroxylation is 2. The zero-order chi connectivity index (χ0) is 18.2. The van der Waals surface area contributed by atoms with Crippen LogP contribution in [0.3, 0.4) is 0 Å². The van der Waals surface area contributed by atoms with Crippen LogP contribution in [-0.4, -0.2) is 20.2 Å². The van der Waals surface area contributed by atoms with Gasteiger partial charge in [-0.1, -0.05) is 12.1 Å². The molecule has 7 heteroatoms. The van der Waals surface area contributed by atoms with E-state index < -0.39 is 10.0 Å². The smallest absolute Gasteiger partial charge is 0.261 e. The molecule has 2 aromatic carbocycles. The third-order valence-electron chi connectivity index (χ3n) is 4.09. The van der Waals surface area contributed by atoms with Crippen LogP contribution in [0.15, 0.2) is 47.4 Å². The molecule has 1 saturated heterocycles. The minimum absolute atomic E-state index is 0.0660. The first-order valence-corrected chi connectivity index (χ1v) is 9.32. The summed E-state index contributed by atoms with van der Waals surface area (Å²) in [6.45, 7) is 3.71. The lowest BCUT2D eigenvalue weighted by atomic mass is 10.1. The number of hydrogen-bond acceptors (Lipinski definition) is 4. The highest BCUT2D eigenvalue weighted by atomic mass is 32.2. The monoisotopic (exact) mass is 358 g/mol. The molecule has 1 aliphatic heterocycles. The van der Waals surface area contributed by atoms with Crippen LogP contribution in [0.25, 0.3) is 0 Å². The molecule has 0 bridgehead atoms. The fourth-order valence-corrected chi connectivity index (χ4v) is 3.81. The molecule has 1 N–H and O–H groups in total. The van der Waals surface area contributed by atoms with E-state index >= 15 is 0 Å². The second kappa shape index (κ2) is 6.33. The summed E-state index contributed by atoms with van der Waals surface area (Å²) in [5.41, 5.74) is 2.68. The van der Waals surface area contributed by atoms with Gasteiger partial charge >= 0.3 is 0 Å². The standard InChI is InChI=1S/C18H18N2O4S/c1-12-3-4-13(2)16(11-12)19-25(23,24)15-7-5-14(6-8-15)20-17(21)9-10-18(20)22/h3-8,11,19H,9-10H2,1-2H3. The van der Waals surface area contributed by atoms with Crippen molar-refractivity contribution in [3.05, 3.63) is 53.6 Å². The number of imide groups is 1. The summed E-state index contributed by atoms with van der Waals surface area (Å²) in [7, 11) is -3.76. The first-order valence-electron chi connectivity index (χ1n) is 7.84. The van der Waals surface area contributed by atoms with Gasteiger partial charge < -0.3 is 0 Å². The summed E-state index contributed by atoms with van der Waals surface area (Å²) in [6, 6.07) is 11.2. The number of anilines is 2. The number of rotatable bonds is 4. The van der Waals surface area contributed by atoms with E-state index in [4.69, 9.17) is 0 Å². The molecule has 0 atom stereocenters. The Morgan fingerprint density at radius 3 is 2.12 bits per heavy atom. The summed E-state index contributed by atoms with van der Waals surface area (Å²) in [4.78, 5) is 24.7. The van der Waals surface area contributed by atoms with Gasteiger partial charge in [0.05, 0.1) is 16.3 Å². The van der Waals surface area contributed by atoms with Gasteiger partial charge in [-0.3, -0.25) is 19.2 Å². The SMILES string of the molecule is Cc1ccc(C)c(NS(=O)(=O)c2ccc(N3C(=O)CCC3=O)cc2)c1. The molecule has 0 aliphatic carbocycles. The maximum atomic E-state index is 12.6. The van der Waals surface area contributed by atoms with Gasteiger partial charge in [0.25, 0.3) is 10.0 Å². The number of amides is 2. The van der Waals surface area contributed by atoms with Gasteiger partial charge in [-0.2, -0.15) is 0 Å². The van der Waals surface area contributed by atoms with Crippen molar-refractivity contribution < 1.29 is 18.0 Å². The van der Waals surface area contributed by atoms with Crippen LogP contribution in [0.4, 0.5) is 11.4 Å². The van der Waals surface area contributed by atoms with Crippen LogP contribution in [-0.2, 0) is 19.6 Å². The fourth-order valence-electron chi connectivity index (χ4n) is 2.69. The highest BCUT2D eigenvalue weighted by Crippen LogP contribution is 2.25. The molecule has 0 radical (unpaired) electrons. The van der Waals surface area contributed by atoms with Crippen molar-refractivity contribution in [1.82, 2.24) is 0 Å². The predicted molar refractivity (Wildman–Crippen MR) is 94.9 cm³/mol. The zero-order valence-electron chi connectivity index (χ0n) is 13.9. The molecule has 6 nitrogen and oxygen atoms in total. The summed E-state index contributed by atoms with van der Waals surface area (Å²) in [5, 5.41) is 0. The maximum Gasteiger partial charge on any atom is 0.261 e. The average Bonchev–Trinajstić information content (AvgIpc) is 2.90. The Labute approximate surface area is 146 Å². The van der Waals surface area contributed by atoms with E-state index in [1.807, 2.05) is 26.0 Å². The van der Waals surface area contributed by atoms with Gasteiger partial charge in [0.1, 0.15) is 0 Å². The number of hydrogen-bond donors (Lipinski definition) is 1. The molecule has 1 fully saturated rings. The Kier molecular flexibility index (Phi) is 4.34. The van der Waals surface area contributed by atoms with Crippen molar-refractivity contribution in [2.45, 2.75) is 31.6 Å². The summed E-state index contributed by atoms with van der Waals surface area (Å²) in [6.07, 6.45) is 0.375. The van der Waals surface area contributed by atoms with Crippen LogP contribution < -0.4 is 9.62 Å². The van der Waals surface area contributed by atoms with Gasteiger partial charge in [0.15, 0.2) is 0 Å². The van der Waals surface area contributed by atoms with Crippen LogP contribution in [0.2, 0.25) is 0 Å². The Hall–Kier alpha value is -2.67. The minimum Gasteiger partial charge on any atom is -0.279 e. The second-order valence-electron chi connectivity index (χ2n) is 6.04. The summed E-state index contributed by atoms with van der Waals surface area (Å²) < 4.78 is 27.7. The van der Waals surface area contributed by atoms with Crippen molar-refractivity contribution in [1.29, 1.82) is 0 Å². The second-order valence-corrected chi connectivity index (χ2v) is 7.72. The Balaban J connectivity index is 1.87. The van der Waals surface area contributed by atoms with E-state index in [1.165, 1.54) is 24.3 Å². The van der Waals surface area contributed by atoms with Crippen LogP contribution in [0, 0.1) is 13.8 Å². The molecule has 0 unspecified atom stereocenters. The van der Waals surface area contributed by atoms with Crippen molar-refractivity contribution in [2.75, 3.05) is 9.62 Å². The number of carbonyl (C=O) groups is 2.